The first kappa shape index (κ1) is 72.0. The highest BCUT2D eigenvalue weighted by Gasteiger charge is 2.38. The van der Waals surface area contributed by atoms with Gasteiger partial charge in [-0.05, 0) is 161 Å². The van der Waals surface area contributed by atoms with E-state index in [0.717, 1.165) is 158 Å². The summed E-state index contributed by atoms with van der Waals surface area (Å²) in [5.74, 6) is 0. The van der Waals surface area contributed by atoms with Crippen LogP contribution in [0.25, 0.3) is 112 Å². The van der Waals surface area contributed by atoms with Crippen LogP contribution >= 0.6 is 31.9 Å². The summed E-state index contributed by atoms with van der Waals surface area (Å²) in [4.78, 5) is 0. The third-order valence-electron chi connectivity index (χ3n) is 17.4. The molecule has 0 radical (unpaired) electrons. The van der Waals surface area contributed by atoms with E-state index in [-0.39, 0.29) is 110 Å². The van der Waals surface area contributed by atoms with Crippen LogP contribution in [0.4, 0.5) is 92.2 Å². The summed E-state index contributed by atoms with van der Waals surface area (Å²) < 4.78 is 307. The molecule has 27 heteroatoms. The number of hydrogen-bond donors (Lipinski definition) is 0. The summed E-state index contributed by atoms with van der Waals surface area (Å²) >= 11 is 7.65. The number of alkyl halides is 21. The van der Waals surface area contributed by atoms with Crippen LogP contribution in [0, 0.1) is 0 Å². The average Bonchev–Trinajstić information content (AvgIpc) is 1.49. The Balaban J connectivity index is 1.22. The minimum atomic E-state index is -4.89. The smallest absolute Gasteiger partial charge is 0.320 e. The minimum Gasteiger partial charge on any atom is -0.320 e. The van der Waals surface area contributed by atoms with E-state index in [1.807, 2.05) is 0 Å². The van der Waals surface area contributed by atoms with E-state index >= 15 is 0 Å². The van der Waals surface area contributed by atoms with Gasteiger partial charge in [0, 0.05) is 94.1 Å². The first-order chi connectivity index (χ1) is 48.8. The third-order valence-corrected chi connectivity index (χ3v) is 19.4. The topological polar surface area (TPSA) is 19.7 Å². The van der Waals surface area contributed by atoms with Crippen molar-refractivity contribution in [2.75, 3.05) is 0 Å². The molecule has 0 N–H and O–H groups in total. The second-order valence-electron chi connectivity index (χ2n) is 23.9. The zero-order valence-corrected chi connectivity index (χ0v) is 55.3. The van der Waals surface area contributed by atoms with Crippen LogP contribution in [0.5, 0.6) is 0 Å². The Morgan fingerprint density at radius 1 is 0.173 bits per heavy atom. The summed E-state index contributed by atoms with van der Waals surface area (Å²) in [6.07, 6.45) is -22.6. The lowest BCUT2D eigenvalue weighted by Crippen LogP contribution is -2.12. The molecular formula is C77H41Br2F21N4. The SMILES string of the molecule is FC(F)(F)c1ccc(-c2cn(-c3c(Br)c(Br)c(-n4cc(-c5ccc(C(F)(F)F)cc5)c(-c5ccc(C(F)(F)F)cc5)c4)c(-n4cc(-c5ccc(C(F)(F)F)cc5)c(-c5ccc(C(F)(F)F)cc5)c4)c3-n3cc(-c4ccc(C(F)(F)F)cc4)c(-c4ccc(C(F)(F)F)cc4)c3)cc2-c2ccccc2)cc1. The van der Waals surface area contributed by atoms with Gasteiger partial charge in [0.25, 0.3) is 0 Å². The number of benzene rings is 9. The van der Waals surface area contributed by atoms with Crippen molar-refractivity contribution < 1.29 is 92.2 Å². The molecule has 104 heavy (non-hydrogen) atoms. The van der Waals surface area contributed by atoms with Crippen LogP contribution in [0.2, 0.25) is 0 Å². The maximum absolute atomic E-state index is 14.4. The van der Waals surface area contributed by atoms with Crippen molar-refractivity contribution in [2.24, 2.45) is 0 Å². The number of halogens is 23. The Morgan fingerprint density at radius 3 is 0.452 bits per heavy atom. The zero-order chi connectivity index (χ0) is 74.5. The summed E-state index contributed by atoms with van der Waals surface area (Å²) in [6.45, 7) is 0. The zero-order valence-electron chi connectivity index (χ0n) is 52.2. The van der Waals surface area contributed by atoms with Crippen molar-refractivity contribution in [1.82, 2.24) is 18.3 Å². The van der Waals surface area contributed by atoms with Crippen molar-refractivity contribution in [3.8, 4) is 112 Å². The molecule has 0 fully saturated rings. The Morgan fingerprint density at radius 2 is 0.308 bits per heavy atom. The van der Waals surface area contributed by atoms with Crippen molar-refractivity contribution in [3.63, 3.8) is 0 Å². The van der Waals surface area contributed by atoms with E-state index in [0.29, 0.717) is 11.1 Å². The lowest BCUT2D eigenvalue weighted by Gasteiger charge is -2.25. The molecule has 0 saturated heterocycles. The third kappa shape index (κ3) is 14.3. The monoisotopic (exact) mass is 1580 g/mol. The van der Waals surface area contributed by atoms with Gasteiger partial charge in [0.15, 0.2) is 0 Å². The van der Waals surface area contributed by atoms with Gasteiger partial charge in [0.05, 0.1) is 70.6 Å². The van der Waals surface area contributed by atoms with E-state index in [2.05, 4.69) is 31.9 Å². The molecular weight excluding hydrogens is 1540 g/mol. The molecule has 0 aliphatic heterocycles. The van der Waals surface area contributed by atoms with Crippen molar-refractivity contribution in [1.29, 1.82) is 0 Å². The van der Waals surface area contributed by atoms with Gasteiger partial charge in [0.1, 0.15) is 0 Å². The van der Waals surface area contributed by atoms with Crippen LogP contribution in [-0.2, 0) is 43.2 Å². The highest BCUT2D eigenvalue weighted by Crippen LogP contribution is 2.52. The summed E-state index contributed by atoms with van der Waals surface area (Å²) in [6, 6.07) is 34.7. The molecule has 530 valence electrons. The van der Waals surface area contributed by atoms with Gasteiger partial charge in [0.2, 0.25) is 0 Å². The normalized spacial score (nSPS) is 12.8. The molecule has 4 aromatic heterocycles. The van der Waals surface area contributed by atoms with Crippen LogP contribution in [0.3, 0.4) is 0 Å². The van der Waals surface area contributed by atoms with E-state index in [9.17, 15) is 92.2 Å². The lowest BCUT2D eigenvalue weighted by atomic mass is 9.97. The second-order valence-corrected chi connectivity index (χ2v) is 25.5. The summed E-state index contributed by atoms with van der Waals surface area (Å²) in [5, 5.41) is 0. The van der Waals surface area contributed by atoms with E-state index in [4.69, 9.17) is 0 Å². The average molecular weight is 1580 g/mol. The molecule has 0 saturated carbocycles. The molecule has 0 spiro atoms. The highest BCUT2D eigenvalue weighted by atomic mass is 79.9. The predicted octanol–water partition coefficient (Wildman–Crippen LogP) is 26.8. The van der Waals surface area contributed by atoms with E-state index in [1.165, 1.54) is 73.8 Å². The van der Waals surface area contributed by atoms with Gasteiger partial charge in [-0.25, -0.2) is 0 Å². The molecule has 4 heterocycles. The largest absolute Gasteiger partial charge is 0.416 e. The first-order valence-electron chi connectivity index (χ1n) is 30.5. The molecule has 0 amide bonds. The molecule has 9 aromatic carbocycles. The maximum Gasteiger partial charge on any atom is 0.416 e. The Hall–Kier alpha value is -10.4. The molecule has 0 aliphatic carbocycles. The van der Waals surface area contributed by atoms with Crippen molar-refractivity contribution in [3.05, 3.63) is 298 Å². The molecule has 0 bridgehead atoms. The number of hydrogen-bond acceptors (Lipinski definition) is 0. The van der Waals surface area contributed by atoms with E-state index in [1.54, 1.807) is 36.5 Å². The molecule has 4 nitrogen and oxygen atoms in total. The van der Waals surface area contributed by atoms with Gasteiger partial charge < -0.3 is 18.3 Å². The number of nitrogens with zero attached hydrogens (tertiary/aromatic N) is 4. The highest BCUT2D eigenvalue weighted by molar-refractivity contribution is 9.13. The molecule has 0 unspecified atom stereocenters. The number of rotatable bonds is 12. The maximum atomic E-state index is 14.4. The predicted molar refractivity (Wildman–Crippen MR) is 358 cm³/mol. The van der Waals surface area contributed by atoms with Crippen LogP contribution < -0.4 is 0 Å². The Bertz CT molecular complexity index is 5100. The van der Waals surface area contributed by atoms with Crippen molar-refractivity contribution in [2.45, 2.75) is 43.2 Å². The standard InChI is InChI=1S/C77H41Br2F21N4/c78-65-66(79)68(102-36-59(44-8-22-51(23-9-44)72(83,84)85)60(37-102)45-10-24-52(25-11-45)73(86,87)88)70(104-40-63(48-16-30-55(31-17-48)76(95,96)97)64(41-104)49-18-32-56(33-19-49)77(98,99)100)69(67(65)101-34-57(42-4-2-1-3-5-42)58(35-101)43-6-20-50(21-7-43)71(80,81)82)103-38-61(46-12-26-53(27-13-46)74(89,90)91)62(39-103)47-14-28-54(29-15-47)75(92,93)94/h1-41H. The van der Waals surface area contributed by atoms with Gasteiger partial charge in [-0.15, -0.1) is 0 Å². The molecule has 13 rings (SSSR count). The minimum absolute atomic E-state index is 0.00386. The fraction of sp³-hybridized carbons (Fsp3) is 0.0909. The van der Waals surface area contributed by atoms with Gasteiger partial charge in [-0.3, -0.25) is 0 Å². The van der Waals surface area contributed by atoms with Gasteiger partial charge in [-0.1, -0.05) is 115 Å². The van der Waals surface area contributed by atoms with Gasteiger partial charge >= 0.3 is 43.2 Å². The van der Waals surface area contributed by atoms with E-state index < -0.39 is 82.2 Å². The fourth-order valence-corrected chi connectivity index (χ4v) is 13.4. The molecule has 0 atom stereocenters. The Kier molecular flexibility index (Phi) is 18.3. The van der Waals surface area contributed by atoms with Gasteiger partial charge in [-0.2, -0.15) is 92.2 Å². The summed E-state index contributed by atoms with van der Waals surface area (Å²) in [7, 11) is 0. The lowest BCUT2D eigenvalue weighted by molar-refractivity contribution is -0.138. The summed E-state index contributed by atoms with van der Waals surface area (Å²) in [5.41, 5.74) is -6.07. The number of aromatic nitrogens is 4. The fourth-order valence-electron chi connectivity index (χ4n) is 12.3. The van der Waals surface area contributed by atoms with Crippen LogP contribution in [-0.4, -0.2) is 18.3 Å². The van der Waals surface area contributed by atoms with Crippen LogP contribution in [0.15, 0.2) is 259 Å². The first-order valence-corrected chi connectivity index (χ1v) is 32.1. The van der Waals surface area contributed by atoms with Crippen molar-refractivity contribution >= 4 is 31.9 Å². The Labute approximate surface area is 592 Å². The van der Waals surface area contributed by atoms with Crippen LogP contribution in [0.1, 0.15) is 38.9 Å². The molecule has 0 aliphatic rings. The quantitative estimate of drug-likeness (QED) is 0.109. The second kappa shape index (κ2) is 26.4. The molecule has 13 aromatic rings.